The van der Waals surface area contributed by atoms with Crippen LogP contribution in [0, 0.1) is 0 Å². The molecule has 4 heteroatoms. The fraction of sp³-hybridized carbons (Fsp3) is 0.389. The van der Waals surface area contributed by atoms with Crippen molar-refractivity contribution < 1.29 is 14.3 Å². The lowest BCUT2D eigenvalue weighted by Crippen LogP contribution is -2.42. The van der Waals surface area contributed by atoms with Gasteiger partial charge in [0, 0.05) is 10.9 Å². The molecule has 1 atom stereocenters. The summed E-state index contributed by atoms with van der Waals surface area (Å²) in [5.41, 5.74) is -0.231. The van der Waals surface area contributed by atoms with E-state index < -0.39 is 0 Å². The van der Waals surface area contributed by atoms with Crippen LogP contribution in [0.2, 0.25) is 0 Å². The molecule has 0 aliphatic carbocycles. The topological polar surface area (TPSA) is 38.8 Å². The summed E-state index contributed by atoms with van der Waals surface area (Å²) in [7, 11) is 0. The van der Waals surface area contributed by atoms with Gasteiger partial charge in [0.2, 0.25) is 0 Å². The quantitative estimate of drug-likeness (QED) is 0.864. The highest BCUT2D eigenvalue weighted by Gasteiger charge is 2.38. The van der Waals surface area contributed by atoms with E-state index >= 15 is 0 Å². The van der Waals surface area contributed by atoms with Crippen LogP contribution in [-0.2, 0) is 4.74 Å². The predicted molar refractivity (Wildman–Crippen MR) is 86.2 cm³/mol. The van der Waals surface area contributed by atoms with Crippen molar-refractivity contribution in [2.24, 2.45) is 0 Å². The Bertz CT molecular complexity index is 685. The first-order valence-corrected chi connectivity index (χ1v) is 7.54. The van der Waals surface area contributed by atoms with E-state index in [-0.39, 0.29) is 17.7 Å². The van der Waals surface area contributed by atoms with Gasteiger partial charge in [0.05, 0.1) is 6.54 Å². The highest BCUT2D eigenvalue weighted by atomic mass is 16.6. The van der Waals surface area contributed by atoms with E-state index in [9.17, 15) is 4.79 Å². The number of fused-ring (bicyclic) bond motifs is 1. The van der Waals surface area contributed by atoms with E-state index in [0.717, 1.165) is 16.5 Å². The van der Waals surface area contributed by atoms with Gasteiger partial charge in [-0.1, -0.05) is 36.4 Å². The van der Waals surface area contributed by atoms with Gasteiger partial charge in [0.25, 0.3) is 0 Å². The summed E-state index contributed by atoms with van der Waals surface area (Å²) in [6.07, 6.45) is -0.496. The number of cyclic esters (lactones) is 1. The third kappa shape index (κ3) is 2.86. The fourth-order valence-corrected chi connectivity index (χ4v) is 2.66. The summed E-state index contributed by atoms with van der Waals surface area (Å²) in [6.45, 7) is 6.94. The van der Waals surface area contributed by atoms with Gasteiger partial charge < -0.3 is 9.47 Å². The molecule has 1 aliphatic heterocycles. The first kappa shape index (κ1) is 14.7. The van der Waals surface area contributed by atoms with Crippen molar-refractivity contribution in [3.05, 3.63) is 42.5 Å². The maximum atomic E-state index is 11.9. The molecule has 22 heavy (non-hydrogen) atoms. The van der Waals surface area contributed by atoms with E-state index in [4.69, 9.17) is 9.47 Å². The molecule has 3 rings (SSSR count). The van der Waals surface area contributed by atoms with Crippen LogP contribution in [-0.4, -0.2) is 35.8 Å². The van der Waals surface area contributed by atoms with Crippen LogP contribution < -0.4 is 4.74 Å². The molecule has 1 amide bonds. The second kappa shape index (κ2) is 5.52. The average molecular weight is 299 g/mol. The molecule has 1 heterocycles. The van der Waals surface area contributed by atoms with Crippen molar-refractivity contribution in [1.82, 2.24) is 4.90 Å². The van der Waals surface area contributed by atoms with E-state index in [1.807, 2.05) is 51.1 Å². The first-order chi connectivity index (χ1) is 10.4. The number of hydrogen-bond acceptors (Lipinski definition) is 3. The smallest absolute Gasteiger partial charge is 0.410 e. The molecule has 0 bridgehead atoms. The Morgan fingerprint density at radius 1 is 1.18 bits per heavy atom. The Kier molecular flexibility index (Phi) is 3.69. The molecule has 0 radical (unpaired) electrons. The molecule has 116 valence electrons. The third-order valence-electron chi connectivity index (χ3n) is 3.86. The van der Waals surface area contributed by atoms with Gasteiger partial charge in [-0.2, -0.15) is 0 Å². The van der Waals surface area contributed by atoms with Crippen molar-refractivity contribution >= 4 is 16.9 Å². The molecule has 2 aromatic rings. The third-order valence-corrected chi connectivity index (χ3v) is 3.86. The van der Waals surface area contributed by atoms with Gasteiger partial charge in [-0.25, -0.2) is 4.79 Å². The van der Waals surface area contributed by atoms with Crippen LogP contribution in [0.25, 0.3) is 10.8 Å². The van der Waals surface area contributed by atoms with Crippen molar-refractivity contribution in [3.63, 3.8) is 0 Å². The van der Waals surface area contributed by atoms with Crippen molar-refractivity contribution in [3.8, 4) is 5.75 Å². The SMILES string of the molecule is CC(C)(C)N1CC(COc2cccc3ccccc23)OC1=O. The largest absolute Gasteiger partial charge is 0.489 e. The number of benzene rings is 2. The Morgan fingerprint density at radius 2 is 1.91 bits per heavy atom. The molecule has 1 fully saturated rings. The molecular formula is C18H21NO3. The molecule has 0 spiro atoms. The van der Waals surface area contributed by atoms with Crippen LogP contribution in [0.3, 0.4) is 0 Å². The first-order valence-electron chi connectivity index (χ1n) is 7.54. The van der Waals surface area contributed by atoms with Crippen LogP contribution in [0.4, 0.5) is 4.79 Å². The van der Waals surface area contributed by atoms with Crippen molar-refractivity contribution in [2.45, 2.75) is 32.4 Å². The summed E-state index contributed by atoms with van der Waals surface area (Å²) in [5, 5.41) is 2.21. The lowest BCUT2D eigenvalue weighted by atomic mass is 10.1. The van der Waals surface area contributed by atoms with Gasteiger partial charge in [-0.3, -0.25) is 4.90 Å². The fourth-order valence-electron chi connectivity index (χ4n) is 2.66. The summed E-state index contributed by atoms with van der Waals surface area (Å²) in [6, 6.07) is 14.1. The predicted octanol–water partition coefficient (Wildman–Crippen LogP) is 3.84. The zero-order valence-corrected chi connectivity index (χ0v) is 13.2. The molecule has 1 unspecified atom stereocenters. The molecule has 0 aromatic heterocycles. The van der Waals surface area contributed by atoms with Crippen LogP contribution in [0.5, 0.6) is 5.75 Å². The molecule has 0 saturated carbocycles. The molecular weight excluding hydrogens is 278 g/mol. The highest BCUT2D eigenvalue weighted by molar-refractivity contribution is 5.88. The van der Waals surface area contributed by atoms with E-state index in [2.05, 4.69) is 12.1 Å². The average Bonchev–Trinajstić information content (AvgIpc) is 2.86. The van der Waals surface area contributed by atoms with Gasteiger partial charge >= 0.3 is 6.09 Å². The number of ether oxygens (including phenoxy) is 2. The lowest BCUT2D eigenvalue weighted by molar-refractivity contribution is 0.0997. The number of amides is 1. The number of rotatable bonds is 3. The van der Waals surface area contributed by atoms with Crippen LogP contribution >= 0.6 is 0 Å². The van der Waals surface area contributed by atoms with Crippen molar-refractivity contribution in [1.29, 1.82) is 0 Å². The van der Waals surface area contributed by atoms with Gasteiger partial charge in [-0.05, 0) is 32.2 Å². The number of carbonyl (C=O) groups is 1. The van der Waals surface area contributed by atoms with Gasteiger partial charge in [-0.15, -0.1) is 0 Å². The summed E-state index contributed by atoms with van der Waals surface area (Å²) >= 11 is 0. The Labute approximate surface area is 130 Å². The zero-order chi connectivity index (χ0) is 15.7. The maximum absolute atomic E-state index is 11.9. The maximum Gasteiger partial charge on any atom is 0.410 e. The Morgan fingerprint density at radius 3 is 2.64 bits per heavy atom. The zero-order valence-electron chi connectivity index (χ0n) is 13.2. The number of hydrogen-bond donors (Lipinski definition) is 0. The second-order valence-corrected chi connectivity index (χ2v) is 6.58. The minimum absolute atomic E-state index is 0.231. The molecule has 2 aromatic carbocycles. The summed E-state index contributed by atoms with van der Waals surface area (Å²) in [4.78, 5) is 13.6. The standard InChI is InChI=1S/C18H21NO3/c1-18(2,3)19-11-14(22-17(19)20)12-21-16-10-6-8-13-7-4-5-9-15(13)16/h4-10,14H,11-12H2,1-3H3. The Hall–Kier alpha value is -2.23. The van der Waals surface area contributed by atoms with Gasteiger partial charge in [0.15, 0.2) is 6.10 Å². The van der Waals surface area contributed by atoms with Crippen LogP contribution in [0.1, 0.15) is 20.8 Å². The lowest BCUT2D eigenvalue weighted by Gasteiger charge is -2.29. The van der Waals surface area contributed by atoms with Crippen LogP contribution in [0.15, 0.2) is 42.5 Å². The van der Waals surface area contributed by atoms with Gasteiger partial charge in [0.1, 0.15) is 12.4 Å². The van der Waals surface area contributed by atoms with E-state index in [0.29, 0.717) is 13.2 Å². The Balaban J connectivity index is 1.69. The van der Waals surface area contributed by atoms with Crippen molar-refractivity contribution in [2.75, 3.05) is 13.2 Å². The minimum Gasteiger partial charge on any atom is -0.489 e. The molecule has 4 nitrogen and oxygen atoms in total. The normalized spacial score (nSPS) is 18.6. The second-order valence-electron chi connectivity index (χ2n) is 6.58. The molecule has 0 N–H and O–H groups in total. The summed E-state index contributed by atoms with van der Waals surface area (Å²) in [5.74, 6) is 0.823. The highest BCUT2D eigenvalue weighted by Crippen LogP contribution is 2.27. The number of carbonyl (C=O) groups excluding carboxylic acids is 1. The number of nitrogens with zero attached hydrogens (tertiary/aromatic N) is 1. The minimum atomic E-state index is -0.265. The summed E-state index contributed by atoms with van der Waals surface area (Å²) < 4.78 is 11.3. The monoisotopic (exact) mass is 299 g/mol. The van der Waals surface area contributed by atoms with E-state index in [1.165, 1.54) is 0 Å². The van der Waals surface area contributed by atoms with E-state index in [1.54, 1.807) is 4.90 Å². The molecule has 1 aliphatic rings. The molecule has 1 saturated heterocycles.